The Morgan fingerprint density at radius 2 is 0.563 bits per heavy atom. The van der Waals surface area contributed by atoms with Gasteiger partial charge in [-0.3, -0.25) is 0 Å². The molecule has 702 valence electrons. The zero-order valence-corrected chi connectivity index (χ0v) is 84.6. The molecule has 0 aliphatic rings. The molecule has 0 spiro atoms. The average Bonchev–Trinajstić information content (AvgIpc) is 1.57. The quantitative estimate of drug-likeness (QED) is 0.121. The summed E-state index contributed by atoms with van der Waals surface area (Å²) in [7, 11) is 10.4. The second-order valence-corrected chi connectivity index (χ2v) is 39.2. The number of para-hydroxylation sites is 1. The molecule has 1 atom stereocenters. The standard InChI is InChI=1S/4C26H25N2O.C23H19N2O/c3*1-15(2)18-8-11-20-19(14-18)12-13-28(5)24(20)23-16(3)6-9-21-22-10-7-17(4)27-26(22)29-25(21)23;1-5-6-18-9-12-20-19(15-18)13-14-28(4)24(20)23-16(2)7-10-21-22-11-8-17(3)27-26(22)29-25(21)23;1-14-8-11-17-18-12-9-15(2)24-23(18)26-22(17)21(14)20-13-10-16-6-4-5-7-19(16)25(20)3/h3*6-15H,1-5H3;7-15H,5-6H2,1-4H3;4-13H,1-3H3/q5*+1/i1D3,15D;;;;. The highest BCUT2D eigenvalue weighted by molar-refractivity contribution is 6.16. The number of rotatable bonds is 10. The van der Waals surface area contributed by atoms with Gasteiger partial charge in [-0.05, 0) is 262 Å². The first kappa shape index (κ1) is 87.5. The molecule has 0 aliphatic carbocycles. The number of aryl methyl sites for hydroxylation is 16. The van der Waals surface area contributed by atoms with Gasteiger partial charge in [0, 0.05) is 130 Å². The highest BCUT2D eigenvalue weighted by Gasteiger charge is 2.32. The molecule has 0 saturated carbocycles. The van der Waals surface area contributed by atoms with Crippen LogP contribution in [-0.2, 0) is 41.7 Å². The Morgan fingerprint density at radius 3 is 0.887 bits per heavy atom. The van der Waals surface area contributed by atoms with E-state index in [1.165, 1.54) is 106 Å². The van der Waals surface area contributed by atoms with Crippen LogP contribution in [0.1, 0.15) is 157 Å². The Balaban J connectivity index is 0.000000107. The van der Waals surface area contributed by atoms with Crippen LogP contribution < -0.4 is 22.8 Å². The van der Waals surface area contributed by atoms with Crippen LogP contribution in [0.25, 0.3) is 221 Å². The lowest BCUT2D eigenvalue weighted by Gasteiger charge is -2.11. The molecule has 0 bridgehead atoms. The Morgan fingerprint density at radius 1 is 0.282 bits per heavy atom. The van der Waals surface area contributed by atoms with E-state index in [2.05, 4.69) is 358 Å². The molecule has 0 amide bonds. The fourth-order valence-electron chi connectivity index (χ4n) is 20.9. The molecule has 0 radical (unpaired) electrons. The molecule has 15 nitrogen and oxygen atoms in total. The van der Waals surface area contributed by atoms with Gasteiger partial charge in [-0.2, -0.15) is 4.57 Å². The van der Waals surface area contributed by atoms with Crippen molar-refractivity contribution in [2.45, 2.75) is 148 Å². The van der Waals surface area contributed by atoms with Crippen LogP contribution in [-0.4, -0.2) is 24.9 Å². The molecule has 0 fully saturated rings. The van der Waals surface area contributed by atoms with Crippen LogP contribution in [0.15, 0.2) is 302 Å². The van der Waals surface area contributed by atoms with E-state index in [1.807, 2.05) is 102 Å². The summed E-state index contributed by atoms with van der Waals surface area (Å²) >= 11 is 0. The van der Waals surface area contributed by atoms with Crippen molar-refractivity contribution in [2.24, 2.45) is 35.2 Å². The molecule has 0 N–H and O–H groups in total. The van der Waals surface area contributed by atoms with Crippen molar-refractivity contribution in [2.75, 3.05) is 0 Å². The maximum atomic E-state index is 8.49. The van der Waals surface area contributed by atoms with E-state index in [4.69, 9.17) is 27.6 Å². The third-order valence-corrected chi connectivity index (χ3v) is 28.5. The summed E-state index contributed by atoms with van der Waals surface area (Å²) in [5.41, 5.74) is 35.4. The fourth-order valence-corrected chi connectivity index (χ4v) is 20.9. The molecule has 15 heteroatoms. The largest absolute Gasteiger partial charge is 0.437 e. The van der Waals surface area contributed by atoms with Gasteiger partial charge in [-0.1, -0.05) is 176 Å². The van der Waals surface area contributed by atoms with Crippen LogP contribution in [0.2, 0.25) is 0 Å². The lowest BCUT2D eigenvalue weighted by Crippen LogP contribution is -2.32. The summed E-state index contributed by atoms with van der Waals surface area (Å²) < 4.78 is 74.3. The number of furan rings is 5. The van der Waals surface area contributed by atoms with Crippen molar-refractivity contribution in [1.29, 1.82) is 0 Å². The van der Waals surface area contributed by atoms with Crippen molar-refractivity contribution in [3.63, 3.8) is 0 Å². The predicted molar refractivity (Wildman–Crippen MR) is 582 cm³/mol. The Labute approximate surface area is 832 Å². The summed E-state index contributed by atoms with van der Waals surface area (Å²) in [5, 5.41) is 21.3. The van der Waals surface area contributed by atoms with E-state index in [0.717, 1.165) is 179 Å². The minimum Gasteiger partial charge on any atom is -0.437 e. The summed E-state index contributed by atoms with van der Waals surface area (Å²) in [6.07, 6.45) is 10.7. The second-order valence-electron chi connectivity index (χ2n) is 39.2. The topological polar surface area (TPSA) is 150 Å². The van der Waals surface area contributed by atoms with Crippen molar-refractivity contribution >= 4 is 164 Å². The van der Waals surface area contributed by atoms with Gasteiger partial charge in [0.2, 0.25) is 62.6 Å². The first-order valence-corrected chi connectivity index (χ1v) is 49.1. The minimum atomic E-state index is -2.43. The van der Waals surface area contributed by atoms with Gasteiger partial charge >= 0.3 is 0 Å². The van der Waals surface area contributed by atoms with Crippen LogP contribution in [0, 0.1) is 69.2 Å². The maximum absolute atomic E-state index is 8.49. The fraction of sp³-hybridized carbons (Fsp3) is 0.213. The van der Waals surface area contributed by atoms with Crippen LogP contribution in [0.5, 0.6) is 0 Å². The van der Waals surface area contributed by atoms with Crippen molar-refractivity contribution in [3.05, 3.63) is 358 Å². The number of fused-ring (bicyclic) bond motifs is 20. The molecule has 25 rings (SSSR count). The average molecular weight is 1870 g/mol. The van der Waals surface area contributed by atoms with Gasteiger partial charge in [0.05, 0.1) is 49.4 Å². The predicted octanol–water partition coefficient (Wildman–Crippen LogP) is 30.5. The molecule has 142 heavy (non-hydrogen) atoms. The summed E-state index contributed by atoms with van der Waals surface area (Å²) in [6.45, 7) is 30.8. The lowest BCUT2D eigenvalue weighted by atomic mass is 9.94. The van der Waals surface area contributed by atoms with Gasteiger partial charge < -0.3 is 22.1 Å². The third kappa shape index (κ3) is 16.5. The zero-order chi connectivity index (χ0) is 102. The van der Waals surface area contributed by atoms with Gasteiger partial charge in [0.25, 0.3) is 0 Å². The maximum Gasteiger partial charge on any atom is 0.227 e. The Hall–Kier alpha value is -16.0. The number of nitrogens with zero attached hydrogens (tertiary/aromatic N) is 10. The highest BCUT2D eigenvalue weighted by Crippen LogP contribution is 2.46. The normalized spacial score (nSPS) is 12.8. The minimum absolute atomic E-state index is 0.466. The second kappa shape index (κ2) is 37.0. The molecule has 10 aromatic carbocycles. The van der Waals surface area contributed by atoms with Gasteiger partial charge in [-0.25, -0.2) is 43.2 Å². The third-order valence-electron chi connectivity index (χ3n) is 28.5. The molecule has 1 unspecified atom stereocenters. The molecule has 15 heterocycles. The first-order valence-electron chi connectivity index (χ1n) is 51.1. The molecule has 0 aliphatic heterocycles. The van der Waals surface area contributed by atoms with Crippen molar-refractivity contribution in [3.8, 4) is 56.3 Å². The number of aromatic nitrogens is 10. The first-order chi connectivity index (χ1) is 70.1. The van der Waals surface area contributed by atoms with E-state index >= 15 is 0 Å². The summed E-state index contributed by atoms with van der Waals surface area (Å²) in [4.78, 5) is 23.0. The van der Waals surface area contributed by atoms with Gasteiger partial charge in [0.1, 0.15) is 35.2 Å². The van der Waals surface area contributed by atoms with Gasteiger partial charge in [-0.15, -0.1) is 0 Å². The van der Waals surface area contributed by atoms with E-state index in [-0.39, 0.29) is 0 Å². The summed E-state index contributed by atoms with van der Waals surface area (Å²) in [6, 6.07) is 89.4. The van der Waals surface area contributed by atoms with E-state index in [9.17, 15) is 0 Å². The van der Waals surface area contributed by atoms with Crippen molar-refractivity contribution < 1.29 is 50.4 Å². The number of pyridine rings is 10. The zero-order valence-electron chi connectivity index (χ0n) is 88.6. The molecular formula is C127H119N10O5+5. The molecule has 15 aromatic heterocycles. The van der Waals surface area contributed by atoms with Gasteiger partial charge in [0.15, 0.2) is 52.7 Å². The smallest absolute Gasteiger partial charge is 0.227 e. The summed E-state index contributed by atoms with van der Waals surface area (Å²) in [5.74, 6) is -0.685. The van der Waals surface area contributed by atoms with Crippen LogP contribution >= 0.6 is 0 Å². The van der Waals surface area contributed by atoms with Crippen molar-refractivity contribution in [1.82, 2.24) is 24.9 Å². The molecule has 25 aromatic rings. The highest BCUT2D eigenvalue weighted by atomic mass is 16.4. The number of benzene rings is 10. The van der Waals surface area contributed by atoms with E-state index in [1.54, 1.807) is 6.07 Å². The molecular weight excluding hydrogens is 1750 g/mol. The van der Waals surface area contributed by atoms with Crippen LogP contribution in [0.4, 0.5) is 0 Å². The van der Waals surface area contributed by atoms with E-state index < -0.39 is 12.7 Å². The van der Waals surface area contributed by atoms with E-state index in [0.29, 0.717) is 46.0 Å². The molecule has 0 saturated heterocycles. The Kier molecular flexibility index (Phi) is 22.8. The Bertz CT molecular complexity index is 9430. The monoisotopic (exact) mass is 1870 g/mol. The lowest BCUT2D eigenvalue weighted by molar-refractivity contribution is -0.659. The SMILES string of the molecule is CCCc1ccc2c(-c3c(C)ccc4c3oc3nc(C)ccc34)[n+](C)ccc2c1.Cc1ccc2c(n1)oc1c(-c3c4ccc(C(C)C)cc4cc[n+]3C)c(C)ccc12.Cc1ccc2c(n1)oc1c(-c3c4ccc(C(C)C)cc4cc[n+]3C)c(C)ccc12.Cc1ccc2c(n1)oc1c(-c3ccc4ccccc4[n+]3C)c(C)ccc12.[2H]C([2H])([2H])C([2H])(C)c1ccc2c(-c3c(C)ccc4c3oc3nc(C)ccc34)[n+](C)ccc2c1. The number of hydrogen-bond acceptors (Lipinski definition) is 10. The number of hydrogen-bond donors (Lipinski definition) is 0. The van der Waals surface area contributed by atoms with Crippen LogP contribution in [0.3, 0.4) is 0 Å².